The molecule has 0 aliphatic rings. The molecule has 4 nitrogen and oxygen atoms in total. The van der Waals surface area contributed by atoms with Crippen LogP contribution in [0.5, 0.6) is 11.6 Å². The number of rotatable bonds is 3. The molecule has 0 unspecified atom stereocenters. The number of aromatic nitrogens is 1. The maximum Gasteiger partial charge on any atom is 0.219 e. The third-order valence-corrected chi connectivity index (χ3v) is 2.57. The van der Waals surface area contributed by atoms with Crippen molar-refractivity contribution >= 4 is 17.3 Å². The standard InChI is InChI=1S/C13H11ClN2O2/c1-9(16-17)10-2-5-12(6-3-10)18-13-7-4-11(14)8-15-13/h2-8,17H,1H3/b16-9+. The van der Waals surface area contributed by atoms with E-state index in [1.807, 2.05) is 0 Å². The fraction of sp³-hybridized carbons (Fsp3) is 0.0769. The van der Waals surface area contributed by atoms with Gasteiger partial charge in [-0.3, -0.25) is 0 Å². The molecule has 1 heterocycles. The molecule has 0 fully saturated rings. The summed E-state index contributed by atoms with van der Waals surface area (Å²) in [4.78, 5) is 4.03. The molecule has 0 atom stereocenters. The van der Waals surface area contributed by atoms with E-state index in [0.29, 0.717) is 22.4 Å². The van der Waals surface area contributed by atoms with Crippen LogP contribution in [0.3, 0.4) is 0 Å². The number of hydrogen-bond donors (Lipinski definition) is 1. The SMILES string of the molecule is C/C(=N\O)c1ccc(Oc2ccc(Cl)cn2)cc1. The molecule has 0 radical (unpaired) electrons. The van der Waals surface area contributed by atoms with Crippen LogP contribution < -0.4 is 4.74 Å². The Morgan fingerprint density at radius 3 is 2.50 bits per heavy atom. The van der Waals surface area contributed by atoms with Crippen molar-refractivity contribution in [2.75, 3.05) is 0 Å². The van der Waals surface area contributed by atoms with E-state index in [0.717, 1.165) is 5.56 Å². The lowest BCUT2D eigenvalue weighted by Gasteiger charge is -2.05. The van der Waals surface area contributed by atoms with Crippen molar-refractivity contribution in [1.82, 2.24) is 4.98 Å². The second kappa shape index (κ2) is 5.51. The third kappa shape index (κ3) is 2.99. The van der Waals surface area contributed by atoms with Crippen LogP contribution in [0.25, 0.3) is 0 Å². The lowest BCUT2D eigenvalue weighted by Crippen LogP contribution is -1.94. The van der Waals surface area contributed by atoms with Gasteiger partial charge in [0.15, 0.2) is 0 Å². The van der Waals surface area contributed by atoms with Crippen molar-refractivity contribution in [2.45, 2.75) is 6.92 Å². The summed E-state index contributed by atoms with van der Waals surface area (Å²) in [5.74, 6) is 1.12. The number of nitrogens with zero attached hydrogens (tertiary/aromatic N) is 2. The number of benzene rings is 1. The summed E-state index contributed by atoms with van der Waals surface area (Å²) < 4.78 is 5.53. The van der Waals surface area contributed by atoms with E-state index in [1.54, 1.807) is 43.3 Å². The fourth-order valence-electron chi connectivity index (χ4n) is 1.37. The summed E-state index contributed by atoms with van der Waals surface area (Å²) in [7, 11) is 0. The van der Waals surface area contributed by atoms with Gasteiger partial charge in [0.05, 0.1) is 10.7 Å². The van der Waals surface area contributed by atoms with Gasteiger partial charge in [0.25, 0.3) is 0 Å². The van der Waals surface area contributed by atoms with E-state index in [1.165, 1.54) is 6.20 Å². The summed E-state index contributed by atoms with van der Waals surface area (Å²) >= 11 is 5.73. The molecule has 0 spiro atoms. The maximum absolute atomic E-state index is 8.65. The van der Waals surface area contributed by atoms with Crippen LogP contribution in [0.2, 0.25) is 5.02 Å². The van der Waals surface area contributed by atoms with Crippen molar-refractivity contribution in [1.29, 1.82) is 0 Å². The fourth-order valence-corrected chi connectivity index (χ4v) is 1.48. The van der Waals surface area contributed by atoms with Crippen LogP contribution in [0.4, 0.5) is 0 Å². The average Bonchev–Trinajstić information content (AvgIpc) is 2.41. The van der Waals surface area contributed by atoms with Crippen molar-refractivity contribution in [3.63, 3.8) is 0 Å². The van der Waals surface area contributed by atoms with E-state index in [9.17, 15) is 0 Å². The van der Waals surface area contributed by atoms with Crippen LogP contribution >= 0.6 is 11.6 Å². The predicted molar refractivity (Wildman–Crippen MR) is 69.8 cm³/mol. The Morgan fingerprint density at radius 2 is 1.94 bits per heavy atom. The first-order chi connectivity index (χ1) is 8.69. The molecular formula is C13H11ClN2O2. The van der Waals surface area contributed by atoms with E-state index in [-0.39, 0.29) is 0 Å². The van der Waals surface area contributed by atoms with Gasteiger partial charge < -0.3 is 9.94 Å². The molecule has 0 bridgehead atoms. The first-order valence-electron chi connectivity index (χ1n) is 5.27. The normalized spacial score (nSPS) is 11.3. The molecule has 2 rings (SSSR count). The molecule has 0 saturated heterocycles. The average molecular weight is 263 g/mol. The first-order valence-corrected chi connectivity index (χ1v) is 5.65. The monoisotopic (exact) mass is 262 g/mol. The minimum absolute atomic E-state index is 0.472. The van der Waals surface area contributed by atoms with Gasteiger partial charge in [0.1, 0.15) is 5.75 Å². The minimum Gasteiger partial charge on any atom is -0.439 e. The van der Waals surface area contributed by atoms with Gasteiger partial charge in [-0.25, -0.2) is 4.98 Å². The highest BCUT2D eigenvalue weighted by Gasteiger charge is 2.01. The first kappa shape index (κ1) is 12.4. The lowest BCUT2D eigenvalue weighted by atomic mass is 10.1. The van der Waals surface area contributed by atoms with Crippen LogP contribution in [0.15, 0.2) is 47.8 Å². The molecule has 0 saturated carbocycles. The molecule has 2 aromatic rings. The zero-order valence-corrected chi connectivity index (χ0v) is 10.4. The number of halogens is 1. The highest BCUT2D eigenvalue weighted by Crippen LogP contribution is 2.21. The zero-order chi connectivity index (χ0) is 13.0. The Labute approximate surface area is 109 Å². The molecule has 1 N–H and O–H groups in total. The molecule has 0 aliphatic carbocycles. The highest BCUT2D eigenvalue weighted by atomic mass is 35.5. The quantitative estimate of drug-likeness (QED) is 0.521. The topological polar surface area (TPSA) is 54.7 Å². The summed E-state index contributed by atoms with van der Waals surface area (Å²) in [6.45, 7) is 1.72. The van der Waals surface area contributed by atoms with E-state index >= 15 is 0 Å². The van der Waals surface area contributed by atoms with E-state index in [4.69, 9.17) is 21.5 Å². The van der Waals surface area contributed by atoms with Crippen LogP contribution in [-0.4, -0.2) is 15.9 Å². The van der Waals surface area contributed by atoms with Gasteiger partial charge in [-0.15, -0.1) is 0 Å². The number of ether oxygens (including phenoxy) is 1. The molecule has 1 aromatic heterocycles. The molecule has 0 aliphatic heterocycles. The number of oxime groups is 1. The largest absolute Gasteiger partial charge is 0.439 e. The molecule has 18 heavy (non-hydrogen) atoms. The van der Waals surface area contributed by atoms with Crippen LogP contribution in [0.1, 0.15) is 12.5 Å². The summed E-state index contributed by atoms with van der Waals surface area (Å²) in [5, 5.41) is 12.3. The van der Waals surface area contributed by atoms with Crippen LogP contribution in [-0.2, 0) is 0 Å². The minimum atomic E-state index is 0.472. The van der Waals surface area contributed by atoms with Crippen molar-refractivity contribution < 1.29 is 9.94 Å². The van der Waals surface area contributed by atoms with Gasteiger partial charge in [0.2, 0.25) is 5.88 Å². The maximum atomic E-state index is 8.65. The number of hydrogen-bond acceptors (Lipinski definition) is 4. The van der Waals surface area contributed by atoms with Crippen molar-refractivity contribution in [3.8, 4) is 11.6 Å². The second-order valence-electron chi connectivity index (χ2n) is 3.63. The van der Waals surface area contributed by atoms with Gasteiger partial charge in [-0.2, -0.15) is 0 Å². The summed E-state index contributed by atoms with van der Waals surface area (Å²) in [5.41, 5.74) is 1.38. The van der Waals surface area contributed by atoms with Gasteiger partial charge in [-0.1, -0.05) is 16.8 Å². The Balaban J connectivity index is 2.13. The smallest absolute Gasteiger partial charge is 0.219 e. The molecular weight excluding hydrogens is 252 g/mol. The second-order valence-corrected chi connectivity index (χ2v) is 4.06. The number of pyridine rings is 1. The highest BCUT2D eigenvalue weighted by molar-refractivity contribution is 6.30. The summed E-state index contributed by atoms with van der Waals surface area (Å²) in [6, 6.07) is 10.6. The van der Waals surface area contributed by atoms with Crippen molar-refractivity contribution in [3.05, 3.63) is 53.2 Å². The lowest BCUT2D eigenvalue weighted by molar-refractivity contribution is 0.319. The summed E-state index contributed by atoms with van der Waals surface area (Å²) in [6.07, 6.45) is 1.52. The van der Waals surface area contributed by atoms with Gasteiger partial charge in [-0.05, 0) is 42.8 Å². The zero-order valence-electron chi connectivity index (χ0n) is 9.67. The van der Waals surface area contributed by atoms with Crippen molar-refractivity contribution in [2.24, 2.45) is 5.16 Å². The molecule has 5 heteroatoms. The Kier molecular flexibility index (Phi) is 3.79. The van der Waals surface area contributed by atoms with E-state index in [2.05, 4.69) is 10.1 Å². The molecule has 1 aromatic carbocycles. The Hall–Kier alpha value is -2.07. The van der Waals surface area contributed by atoms with Gasteiger partial charge >= 0.3 is 0 Å². The third-order valence-electron chi connectivity index (χ3n) is 2.34. The molecule has 92 valence electrons. The Bertz CT molecular complexity index is 550. The Morgan fingerprint density at radius 1 is 1.22 bits per heavy atom. The predicted octanol–water partition coefficient (Wildman–Crippen LogP) is 3.73. The molecule has 0 amide bonds. The van der Waals surface area contributed by atoms with E-state index < -0.39 is 0 Å². The van der Waals surface area contributed by atoms with Crippen LogP contribution in [0, 0.1) is 0 Å². The van der Waals surface area contributed by atoms with Gasteiger partial charge in [0, 0.05) is 12.3 Å².